The third-order valence-corrected chi connectivity index (χ3v) is 5.84. The minimum atomic E-state index is -0.806. The Kier molecular flexibility index (Phi) is 6.56. The number of Topliss-reactive ketones (excluding diaryl/α,β-unsaturated/α-hetero) is 1. The van der Waals surface area contributed by atoms with Crippen molar-refractivity contribution < 1.29 is 33.7 Å². The molecule has 1 fully saturated rings. The van der Waals surface area contributed by atoms with Gasteiger partial charge in [0.2, 0.25) is 6.79 Å². The van der Waals surface area contributed by atoms with Gasteiger partial charge in [-0.25, -0.2) is 4.79 Å². The van der Waals surface area contributed by atoms with Crippen LogP contribution in [0.1, 0.15) is 33.9 Å². The maximum Gasteiger partial charge on any atom is 0.337 e. The molecular formula is C25H26N2O7. The van der Waals surface area contributed by atoms with Crippen LogP contribution < -0.4 is 9.47 Å². The Bertz CT molecular complexity index is 1150. The highest BCUT2D eigenvalue weighted by atomic mass is 16.7. The molecule has 0 saturated carbocycles. The number of amides is 1. The van der Waals surface area contributed by atoms with Crippen LogP contribution in [0.3, 0.4) is 0 Å². The summed E-state index contributed by atoms with van der Waals surface area (Å²) in [6.07, 6.45) is 0.640. The number of aliphatic hydroxyl groups is 1. The average Bonchev–Trinajstić information content (AvgIpc) is 3.40. The number of ether oxygens (including phenoxy) is 3. The summed E-state index contributed by atoms with van der Waals surface area (Å²) in [7, 11) is 5.15. The SMILES string of the molecule is COC(=O)c1ccc(C2C(=C(O)c3ccc4c(c3)OCO4)C(=O)C(=O)N2CCCN(C)C)cc1. The first-order chi connectivity index (χ1) is 16.3. The molecule has 4 rings (SSSR count). The van der Waals surface area contributed by atoms with E-state index in [1.165, 1.54) is 12.0 Å². The predicted octanol–water partition coefficient (Wildman–Crippen LogP) is 2.58. The lowest BCUT2D eigenvalue weighted by atomic mass is 9.94. The molecule has 0 bridgehead atoms. The van der Waals surface area contributed by atoms with Crippen molar-refractivity contribution >= 4 is 23.4 Å². The van der Waals surface area contributed by atoms with E-state index in [4.69, 9.17) is 14.2 Å². The standard InChI is InChI=1S/C25H26N2O7/c1-26(2)11-4-12-27-21(15-5-7-16(8-6-15)25(31)32-3)20(23(29)24(27)30)22(28)17-9-10-18-19(13-17)34-14-33-18/h5-10,13,21,28H,4,11-12,14H2,1-3H3. The quantitative estimate of drug-likeness (QED) is 0.287. The zero-order valence-corrected chi connectivity index (χ0v) is 19.2. The Hall–Kier alpha value is -3.85. The highest BCUT2D eigenvalue weighted by Crippen LogP contribution is 2.41. The summed E-state index contributed by atoms with van der Waals surface area (Å²) in [6, 6.07) is 10.5. The van der Waals surface area contributed by atoms with Crippen LogP contribution in [-0.4, -0.2) is 73.7 Å². The molecule has 9 heteroatoms. The molecule has 1 N–H and O–H groups in total. The highest BCUT2D eigenvalue weighted by molar-refractivity contribution is 6.46. The van der Waals surface area contributed by atoms with E-state index in [0.717, 1.165) is 6.54 Å². The maximum atomic E-state index is 13.1. The monoisotopic (exact) mass is 466 g/mol. The summed E-state index contributed by atoms with van der Waals surface area (Å²) in [5.74, 6) is -1.25. The topological polar surface area (TPSA) is 106 Å². The van der Waals surface area contributed by atoms with E-state index < -0.39 is 23.7 Å². The Morgan fingerprint density at radius 2 is 1.76 bits per heavy atom. The number of rotatable bonds is 7. The fourth-order valence-electron chi connectivity index (χ4n) is 4.13. The minimum absolute atomic E-state index is 0.0143. The van der Waals surface area contributed by atoms with Gasteiger partial charge in [-0.15, -0.1) is 0 Å². The fraction of sp³-hybridized carbons (Fsp3) is 0.320. The molecule has 0 aromatic heterocycles. The van der Waals surface area contributed by atoms with Gasteiger partial charge in [0, 0.05) is 12.1 Å². The number of nitrogens with zero attached hydrogens (tertiary/aromatic N) is 2. The molecule has 2 heterocycles. The van der Waals surface area contributed by atoms with Crippen molar-refractivity contribution in [2.24, 2.45) is 0 Å². The normalized spacial score (nSPS) is 18.6. The number of fused-ring (bicyclic) bond motifs is 1. The van der Waals surface area contributed by atoms with E-state index in [9.17, 15) is 19.5 Å². The summed E-state index contributed by atoms with van der Waals surface area (Å²) < 4.78 is 15.5. The number of benzene rings is 2. The van der Waals surface area contributed by atoms with Gasteiger partial charge in [-0.3, -0.25) is 9.59 Å². The zero-order chi connectivity index (χ0) is 24.4. The zero-order valence-electron chi connectivity index (χ0n) is 19.2. The summed E-state index contributed by atoms with van der Waals surface area (Å²) >= 11 is 0. The Morgan fingerprint density at radius 3 is 2.44 bits per heavy atom. The Labute approximate surface area is 197 Å². The van der Waals surface area contributed by atoms with Crippen LogP contribution in [0.4, 0.5) is 0 Å². The molecule has 9 nitrogen and oxygen atoms in total. The number of esters is 1. The lowest BCUT2D eigenvalue weighted by Gasteiger charge is -2.26. The molecule has 178 valence electrons. The van der Waals surface area contributed by atoms with Crippen molar-refractivity contribution in [2.75, 3.05) is 41.1 Å². The molecule has 1 unspecified atom stereocenters. The van der Waals surface area contributed by atoms with Crippen LogP contribution in [0.15, 0.2) is 48.0 Å². The Balaban J connectivity index is 1.77. The van der Waals surface area contributed by atoms with Gasteiger partial charge in [0.1, 0.15) is 5.76 Å². The van der Waals surface area contributed by atoms with E-state index in [1.807, 2.05) is 19.0 Å². The van der Waals surface area contributed by atoms with E-state index in [-0.39, 0.29) is 18.1 Å². The van der Waals surface area contributed by atoms with Gasteiger partial charge in [-0.2, -0.15) is 0 Å². The number of hydrogen-bond donors (Lipinski definition) is 1. The van der Waals surface area contributed by atoms with Crippen molar-refractivity contribution in [1.29, 1.82) is 0 Å². The third kappa shape index (κ3) is 4.34. The molecule has 0 radical (unpaired) electrons. The number of methoxy groups -OCH3 is 1. The van der Waals surface area contributed by atoms with E-state index >= 15 is 0 Å². The number of hydrogen-bond acceptors (Lipinski definition) is 8. The van der Waals surface area contributed by atoms with Gasteiger partial charge in [0.05, 0.1) is 24.3 Å². The number of likely N-dealkylation sites (tertiary alicyclic amines) is 1. The first kappa shape index (κ1) is 23.3. The first-order valence-electron chi connectivity index (χ1n) is 10.8. The van der Waals surface area contributed by atoms with Crippen LogP contribution in [0.2, 0.25) is 0 Å². The van der Waals surface area contributed by atoms with Crippen LogP contribution >= 0.6 is 0 Å². The average molecular weight is 466 g/mol. The molecule has 2 aromatic carbocycles. The lowest BCUT2D eigenvalue weighted by Crippen LogP contribution is -2.32. The van der Waals surface area contributed by atoms with Crippen LogP contribution in [0.25, 0.3) is 5.76 Å². The summed E-state index contributed by atoms with van der Waals surface area (Å²) in [4.78, 5) is 41.4. The van der Waals surface area contributed by atoms with Gasteiger partial charge >= 0.3 is 5.97 Å². The minimum Gasteiger partial charge on any atom is -0.507 e. The van der Waals surface area contributed by atoms with Crippen LogP contribution in [0.5, 0.6) is 11.5 Å². The largest absolute Gasteiger partial charge is 0.507 e. The number of carbonyl (C=O) groups is 3. The molecule has 1 amide bonds. The molecule has 1 atom stereocenters. The number of ketones is 1. The van der Waals surface area contributed by atoms with Crippen molar-refractivity contribution in [3.8, 4) is 11.5 Å². The van der Waals surface area contributed by atoms with E-state index in [0.29, 0.717) is 41.2 Å². The number of aliphatic hydroxyl groups excluding tert-OH is 1. The third-order valence-electron chi connectivity index (χ3n) is 5.84. The molecule has 2 aromatic rings. The summed E-state index contributed by atoms with van der Waals surface area (Å²) in [5, 5.41) is 11.2. The fourth-order valence-corrected chi connectivity index (χ4v) is 4.13. The Morgan fingerprint density at radius 1 is 1.09 bits per heavy atom. The van der Waals surface area contributed by atoms with Crippen LogP contribution in [0, 0.1) is 0 Å². The second-order valence-corrected chi connectivity index (χ2v) is 8.33. The van der Waals surface area contributed by atoms with Crippen molar-refractivity contribution in [3.05, 3.63) is 64.7 Å². The smallest absolute Gasteiger partial charge is 0.337 e. The molecule has 0 aliphatic carbocycles. The summed E-state index contributed by atoms with van der Waals surface area (Å²) in [6.45, 7) is 1.12. The van der Waals surface area contributed by atoms with Crippen molar-refractivity contribution in [3.63, 3.8) is 0 Å². The van der Waals surface area contributed by atoms with Gasteiger partial charge in [0.25, 0.3) is 11.7 Å². The van der Waals surface area contributed by atoms with Crippen LogP contribution in [-0.2, 0) is 14.3 Å². The van der Waals surface area contributed by atoms with E-state index in [2.05, 4.69) is 0 Å². The molecular weight excluding hydrogens is 440 g/mol. The van der Waals surface area contributed by atoms with Gasteiger partial charge < -0.3 is 29.1 Å². The molecule has 0 spiro atoms. The second-order valence-electron chi connectivity index (χ2n) is 8.33. The second kappa shape index (κ2) is 9.56. The number of carbonyl (C=O) groups excluding carboxylic acids is 3. The molecule has 34 heavy (non-hydrogen) atoms. The summed E-state index contributed by atoms with van der Waals surface area (Å²) in [5.41, 5.74) is 1.26. The highest BCUT2D eigenvalue weighted by Gasteiger charge is 2.45. The van der Waals surface area contributed by atoms with Gasteiger partial charge in [-0.1, -0.05) is 12.1 Å². The predicted molar refractivity (Wildman–Crippen MR) is 123 cm³/mol. The lowest BCUT2D eigenvalue weighted by molar-refractivity contribution is -0.139. The van der Waals surface area contributed by atoms with Crippen molar-refractivity contribution in [2.45, 2.75) is 12.5 Å². The first-order valence-corrected chi connectivity index (χ1v) is 10.8. The molecule has 1 saturated heterocycles. The molecule has 2 aliphatic rings. The van der Waals surface area contributed by atoms with E-state index in [1.54, 1.807) is 42.5 Å². The molecule has 2 aliphatic heterocycles. The maximum absolute atomic E-state index is 13.1. The van der Waals surface area contributed by atoms with Gasteiger partial charge in [0.15, 0.2) is 11.5 Å². The van der Waals surface area contributed by atoms with Gasteiger partial charge in [-0.05, 0) is 63.0 Å². The van der Waals surface area contributed by atoms with Crippen molar-refractivity contribution in [1.82, 2.24) is 9.80 Å².